The Morgan fingerprint density at radius 3 is 1.44 bits per heavy atom. The monoisotopic (exact) mass is 238 g/mol. The maximum Gasteiger partial charge on any atom is 0.118 e. The molecule has 0 aliphatic rings. The fourth-order valence-corrected chi connectivity index (χ4v) is 1.61. The summed E-state index contributed by atoms with van der Waals surface area (Å²) in [5.41, 5.74) is 3.33. The smallest absolute Gasteiger partial charge is 0.118 e. The molecule has 0 aromatic heterocycles. The van der Waals surface area contributed by atoms with E-state index in [4.69, 9.17) is 0 Å². The van der Waals surface area contributed by atoms with Crippen LogP contribution < -0.4 is 0 Å². The van der Waals surface area contributed by atoms with Gasteiger partial charge in [0, 0.05) is 11.1 Å². The second-order valence-corrected chi connectivity index (χ2v) is 4.25. The Kier molecular flexibility index (Phi) is 3.25. The van der Waals surface area contributed by atoms with Crippen molar-refractivity contribution in [2.45, 2.75) is 13.8 Å². The Hall–Kier alpha value is -2.40. The Balaban J connectivity index is 2.30. The fourth-order valence-electron chi connectivity index (χ4n) is 1.61. The highest BCUT2D eigenvalue weighted by Gasteiger charge is 1.97. The molecule has 0 aliphatic carbocycles. The largest absolute Gasteiger partial charge is 0.508 e. The summed E-state index contributed by atoms with van der Waals surface area (Å²) in [4.78, 5) is 0. The number of benzene rings is 2. The van der Waals surface area contributed by atoms with Gasteiger partial charge in [-0.15, -0.1) is 0 Å². The van der Waals surface area contributed by atoms with Crippen molar-refractivity contribution in [3.63, 3.8) is 0 Å². The number of phenolic OH excluding ortho intramolecular Hbond substituents is 2. The topological polar surface area (TPSA) is 40.5 Å². The van der Waals surface area contributed by atoms with Gasteiger partial charge in [0.05, 0.1) is 0 Å². The molecule has 0 radical (unpaired) electrons. The van der Waals surface area contributed by atoms with Gasteiger partial charge in [-0.1, -0.05) is 11.8 Å². The van der Waals surface area contributed by atoms with Crippen LogP contribution in [0.3, 0.4) is 0 Å². The minimum absolute atomic E-state index is 0.279. The van der Waals surface area contributed by atoms with Gasteiger partial charge in [0.2, 0.25) is 0 Å². The van der Waals surface area contributed by atoms with Crippen molar-refractivity contribution in [1.29, 1.82) is 0 Å². The fraction of sp³-hybridized carbons (Fsp3) is 0.125. The van der Waals surface area contributed by atoms with Crippen LogP contribution in [0.2, 0.25) is 0 Å². The lowest BCUT2D eigenvalue weighted by Gasteiger charge is -1.99. The number of aryl methyl sites for hydroxylation is 2. The lowest BCUT2D eigenvalue weighted by molar-refractivity contribution is 0.470. The summed E-state index contributed by atoms with van der Waals surface area (Å²) in [5.74, 6) is 6.62. The molecule has 2 aromatic rings. The van der Waals surface area contributed by atoms with Crippen LogP contribution in [0.15, 0.2) is 36.4 Å². The Bertz CT molecular complexity index is 590. The molecule has 0 saturated carbocycles. The van der Waals surface area contributed by atoms with Crippen LogP contribution in [0, 0.1) is 25.7 Å². The van der Waals surface area contributed by atoms with E-state index >= 15 is 0 Å². The molecule has 2 rings (SSSR count). The van der Waals surface area contributed by atoms with Crippen LogP contribution in [-0.4, -0.2) is 10.2 Å². The first-order valence-electron chi connectivity index (χ1n) is 5.67. The van der Waals surface area contributed by atoms with E-state index in [0.29, 0.717) is 0 Å². The minimum Gasteiger partial charge on any atom is -0.508 e. The van der Waals surface area contributed by atoms with Gasteiger partial charge in [-0.2, -0.15) is 0 Å². The highest BCUT2D eigenvalue weighted by atomic mass is 16.3. The third-order valence-corrected chi connectivity index (χ3v) is 2.74. The molecule has 2 N–H and O–H groups in total. The summed E-state index contributed by atoms with van der Waals surface area (Å²) in [7, 11) is 0. The van der Waals surface area contributed by atoms with Gasteiger partial charge in [0.15, 0.2) is 0 Å². The van der Waals surface area contributed by atoms with Crippen LogP contribution in [0.4, 0.5) is 0 Å². The molecule has 0 atom stereocenters. The van der Waals surface area contributed by atoms with Gasteiger partial charge in [-0.3, -0.25) is 0 Å². The Labute approximate surface area is 107 Å². The van der Waals surface area contributed by atoms with Gasteiger partial charge in [0.1, 0.15) is 11.5 Å². The molecule has 2 nitrogen and oxygen atoms in total. The normalized spacial score (nSPS) is 9.67. The molecule has 0 bridgehead atoms. The van der Waals surface area contributed by atoms with Crippen LogP contribution in [0.25, 0.3) is 0 Å². The maximum absolute atomic E-state index is 9.42. The molecular weight excluding hydrogens is 224 g/mol. The number of rotatable bonds is 0. The minimum atomic E-state index is 0.279. The lowest BCUT2D eigenvalue weighted by atomic mass is 10.1. The van der Waals surface area contributed by atoms with Gasteiger partial charge in [-0.05, 0) is 61.4 Å². The van der Waals surface area contributed by atoms with E-state index in [0.717, 1.165) is 22.3 Å². The van der Waals surface area contributed by atoms with E-state index in [9.17, 15) is 10.2 Å². The van der Waals surface area contributed by atoms with Crippen molar-refractivity contribution < 1.29 is 10.2 Å². The molecule has 0 heterocycles. The molecule has 0 saturated heterocycles. The third-order valence-electron chi connectivity index (χ3n) is 2.74. The highest BCUT2D eigenvalue weighted by molar-refractivity contribution is 5.48. The van der Waals surface area contributed by atoms with Crippen molar-refractivity contribution in [2.75, 3.05) is 0 Å². The first-order valence-corrected chi connectivity index (χ1v) is 5.67. The predicted molar refractivity (Wildman–Crippen MR) is 71.7 cm³/mol. The summed E-state index contributed by atoms with van der Waals surface area (Å²) in [6.07, 6.45) is 0. The second-order valence-electron chi connectivity index (χ2n) is 4.25. The summed E-state index contributed by atoms with van der Waals surface area (Å²) in [6, 6.07) is 10.5. The Morgan fingerprint density at radius 2 is 1.11 bits per heavy atom. The van der Waals surface area contributed by atoms with Crippen LogP contribution in [-0.2, 0) is 0 Å². The quantitative estimate of drug-likeness (QED) is 0.692. The zero-order valence-corrected chi connectivity index (χ0v) is 10.4. The summed E-state index contributed by atoms with van der Waals surface area (Å²) in [5, 5.41) is 18.8. The first kappa shape index (κ1) is 12.1. The van der Waals surface area contributed by atoms with E-state index in [2.05, 4.69) is 11.8 Å². The van der Waals surface area contributed by atoms with Crippen molar-refractivity contribution in [3.8, 4) is 23.3 Å². The highest BCUT2D eigenvalue weighted by Crippen LogP contribution is 2.18. The van der Waals surface area contributed by atoms with E-state index < -0.39 is 0 Å². The van der Waals surface area contributed by atoms with Crippen LogP contribution in [0.1, 0.15) is 22.3 Å². The van der Waals surface area contributed by atoms with Crippen molar-refractivity contribution in [2.24, 2.45) is 0 Å². The SMILES string of the molecule is Cc1cc(C#Cc2ccc(O)c(C)c2)ccc1O. The van der Waals surface area contributed by atoms with Crippen LogP contribution >= 0.6 is 0 Å². The summed E-state index contributed by atoms with van der Waals surface area (Å²) < 4.78 is 0. The lowest BCUT2D eigenvalue weighted by Crippen LogP contribution is -1.81. The zero-order chi connectivity index (χ0) is 13.1. The molecule has 2 aromatic carbocycles. The van der Waals surface area contributed by atoms with Crippen LogP contribution in [0.5, 0.6) is 11.5 Å². The maximum atomic E-state index is 9.42. The standard InChI is InChI=1S/C16H14O2/c1-11-9-13(5-7-15(11)17)3-4-14-6-8-16(18)12(2)10-14/h5-10,17-18H,1-2H3. The van der Waals surface area contributed by atoms with E-state index in [-0.39, 0.29) is 11.5 Å². The number of hydrogen-bond acceptors (Lipinski definition) is 2. The van der Waals surface area contributed by atoms with E-state index in [1.54, 1.807) is 24.3 Å². The number of aromatic hydroxyl groups is 2. The molecule has 0 aliphatic heterocycles. The van der Waals surface area contributed by atoms with Gasteiger partial charge >= 0.3 is 0 Å². The predicted octanol–water partition coefficient (Wildman–Crippen LogP) is 3.11. The molecule has 2 heteroatoms. The average molecular weight is 238 g/mol. The number of hydrogen-bond donors (Lipinski definition) is 2. The zero-order valence-electron chi connectivity index (χ0n) is 10.4. The second kappa shape index (κ2) is 4.85. The van der Waals surface area contributed by atoms with Crippen molar-refractivity contribution >= 4 is 0 Å². The number of phenols is 2. The Morgan fingerprint density at radius 1 is 0.722 bits per heavy atom. The van der Waals surface area contributed by atoms with Gasteiger partial charge in [0.25, 0.3) is 0 Å². The molecular formula is C16H14O2. The molecule has 18 heavy (non-hydrogen) atoms. The third kappa shape index (κ3) is 2.64. The molecule has 0 amide bonds. The molecule has 0 spiro atoms. The molecule has 0 unspecified atom stereocenters. The first-order chi connectivity index (χ1) is 8.56. The van der Waals surface area contributed by atoms with Crippen molar-refractivity contribution in [3.05, 3.63) is 58.7 Å². The molecule has 0 fully saturated rings. The molecule has 90 valence electrons. The summed E-state index contributed by atoms with van der Waals surface area (Å²) in [6.45, 7) is 3.68. The van der Waals surface area contributed by atoms with Gasteiger partial charge < -0.3 is 10.2 Å². The van der Waals surface area contributed by atoms with E-state index in [1.165, 1.54) is 0 Å². The van der Waals surface area contributed by atoms with E-state index in [1.807, 2.05) is 26.0 Å². The van der Waals surface area contributed by atoms with Crippen molar-refractivity contribution in [1.82, 2.24) is 0 Å². The summed E-state index contributed by atoms with van der Waals surface area (Å²) >= 11 is 0. The van der Waals surface area contributed by atoms with Gasteiger partial charge in [-0.25, -0.2) is 0 Å². The average Bonchev–Trinajstić information content (AvgIpc) is 2.35.